The minimum Gasteiger partial charge on any atom is -0.367 e. The van der Waals surface area contributed by atoms with Crippen LogP contribution in [-0.2, 0) is 6.42 Å². The van der Waals surface area contributed by atoms with Crippen molar-refractivity contribution in [1.82, 2.24) is 15.3 Å². The molecule has 5 rings (SSSR count). The third-order valence-electron chi connectivity index (χ3n) is 6.38. The molecule has 0 saturated carbocycles. The van der Waals surface area contributed by atoms with E-state index in [1.807, 2.05) is 31.0 Å². The fourth-order valence-corrected chi connectivity index (χ4v) is 4.54. The van der Waals surface area contributed by atoms with Crippen LogP contribution in [0.2, 0.25) is 0 Å². The molecule has 2 aliphatic rings. The second-order valence-corrected chi connectivity index (χ2v) is 9.06. The molecule has 10 heteroatoms. The van der Waals surface area contributed by atoms with Gasteiger partial charge >= 0.3 is 0 Å². The van der Waals surface area contributed by atoms with E-state index in [0.29, 0.717) is 43.9 Å². The van der Waals surface area contributed by atoms with E-state index in [2.05, 4.69) is 20.6 Å². The van der Waals surface area contributed by atoms with Crippen molar-refractivity contribution < 1.29 is 17.6 Å². The number of benzene rings is 2. The van der Waals surface area contributed by atoms with Crippen molar-refractivity contribution in [2.45, 2.75) is 26.3 Å². The highest BCUT2D eigenvalue weighted by Crippen LogP contribution is 2.35. The molecule has 188 valence electrons. The summed E-state index contributed by atoms with van der Waals surface area (Å²) in [6.07, 6.45) is 5.10. The summed E-state index contributed by atoms with van der Waals surface area (Å²) in [4.78, 5) is 11.7. The topological polar surface area (TPSA) is 56.3 Å². The maximum absolute atomic E-state index is 15.0. The summed E-state index contributed by atoms with van der Waals surface area (Å²) in [7, 11) is 0. The maximum Gasteiger partial charge on any atom is 0.228 e. The minimum absolute atomic E-state index is 0.0597. The Hall–Kier alpha value is -3.66. The van der Waals surface area contributed by atoms with E-state index < -0.39 is 23.3 Å². The average molecular weight is 499 g/mol. The smallest absolute Gasteiger partial charge is 0.228 e. The summed E-state index contributed by atoms with van der Waals surface area (Å²) in [5, 5.41) is 5.80. The molecule has 0 bridgehead atoms. The van der Waals surface area contributed by atoms with E-state index in [1.54, 1.807) is 11.0 Å². The molecule has 0 unspecified atom stereocenters. The molecule has 2 aromatic carbocycles. The van der Waals surface area contributed by atoms with E-state index in [1.165, 1.54) is 18.2 Å². The van der Waals surface area contributed by atoms with Crippen LogP contribution in [0.5, 0.6) is 0 Å². The van der Waals surface area contributed by atoms with Crippen LogP contribution < -0.4 is 20.4 Å². The molecule has 0 amide bonds. The van der Waals surface area contributed by atoms with E-state index in [-0.39, 0.29) is 34.6 Å². The number of fused-ring (bicyclic) bond motifs is 1. The van der Waals surface area contributed by atoms with Crippen LogP contribution in [-0.4, -0.2) is 42.2 Å². The lowest BCUT2D eigenvalue weighted by atomic mass is 9.99. The van der Waals surface area contributed by atoms with Gasteiger partial charge in [0.2, 0.25) is 5.95 Å². The third kappa shape index (κ3) is 4.48. The summed E-state index contributed by atoms with van der Waals surface area (Å²) in [5.74, 6) is -3.44. The zero-order valence-corrected chi connectivity index (χ0v) is 20.0. The van der Waals surface area contributed by atoms with Crippen molar-refractivity contribution in [3.05, 3.63) is 71.6 Å². The Bertz CT molecular complexity index is 1320. The molecule has 6 nitrogen and oxygen atoms in total. The summed E-state index contributed by atoms with van der Waals surface area (Å²) in [6.45, 7) is 6.43. The van der Waals surface area contributed by atoms with Crippen LogP contribution in [0.4, 0.5) is 40.6 Å². The number of hydrogen-bond donors (Lipinski definition) is 2. The van der Waals surface area contributed by atoms with Gasteiger partial charge in [-0.25, -0.2) is 27.5 Å². The van der Waals surface area contributed by atoms with Gasteiger partial charge in [-0.15, -0.1) is 0 Å². The van der Waals surface area contributed by atoms with Crippen LogP contribution in [0.15, 0.2) is 42.7 Å². The van der Waals surface area contributed by atoms with Crippen LogP contribution >= 0.6 is 0 Å². The normalized spacial score (nSPS) is 15.4. The summed E-state index contributed by atoms with van der Waals surface area (Å²) >= 11 is 0. The Labute approximate surface area is 206 Å². The molecule has 3 heterocycles. The molecular weight excluding hydrogens is 472 g/mol. The van der Waals surface area contributed by atoms with Crippen molar-refractivity contribution in [2.24, 2.45) is 0 Å². The van der Waals surface area contributed by atoms with Crippen LogP contribution in [0.25, 0.3) is 11.3 Å². The predicted molar refractivity (Wildman–Crippen MR) is 133 cm³/mol. The van der Waals surface area contributed by atoms with Gasteiger partial charge in [0.15, 0.2) is 17.5 Å². The fraction of sp³-hybridized carbons (Fsp3) is 0.308. The van der Waals surface area contributed by atoms with E-state index in [4.69, 9.17) is 0 Å². The fourth-order valence-electron chi connectivity index (χ4n) is 4.54. The van der Waals surface area contributed by atoms with Crippen molar-refractivity contribution in [3.8, 4) is 11.3 Å². The molecule has 1 saturated heterocycles. The molecule has 3 aromatic rings. The van der Waals surface area contributed by atoms with Gasteiger partial charge < -0.3 is 20.4 Å². The number of rotatable bonds is 5. The Kier molecular flexibility index (Phi) is 6.53. The molecule has 0 aliphatic carbocycles. The van der Waals surface area contributed by atoms with Crippen molar-refractivity contribution in [1.29, 1.82) is 0 Å². The van der Waals surface area contributed by atoms with Gasteiger partial charge in [-0.1, -0.05) is 6.08 Å². The van der Waals surface area contributed by atoms with E-state index >= 15 is 0 Å². The van der Waals surface area contributed by atoms with Crippen LogP contribution in [0, 0.1) is 23.3 Å². The third-order valence-corrected chi connectivity index (χ3v) is 6.38. The molecule has 1 aromatic heterocycles. The van der Waals surface area contributed by atoms with Crippen LogP contribution in [0.1, 0.15) is 19.4 Å². The Morgan fingerprint density at radius 1 is 0.972 bits per heavy atom. The van der Waals surface area contributed by atoms with E-state index in [0.717, 1.165) is 6.20 Å². The van der Waals surface area contributed by atoms with Crippen molar-refractivity contribution in [2.75, 3.05) is 41.3 Å². The molecule has 1 fully saturated rings. The Morgan fingerprint density at radius 2 is 1.75 bits per heavy atom. The van der Waals surface area contributed by atoms with Gasteiger partial charge in [0.25, 0.3) is 0 Å². The lowest BCUT2D eigenvalue weighted by Crippen LogP contribution is -2.44. The molecule has 0 radical (unpaired) electrons. The number of nitrogens with zero attached hydrogens (tertiary/aromatic N) is 4. The van der Waals surface area contributed by atoms with Gasteiger partial charge in [-0.05, 0) is 44.5 Å². The SMILES string of the molecule is CC(C)N1C=CCc2c(F)cc(-c3nc(Nc4ccc(N5CCNCC5)c(F)c4F)ncc3F)cc21. The molecule has 0 atom stereocenters. The first-order valence-electron chi connectivity index (χ1n) is 11.8. The first-order valence-corrected chi connectivity index (χ1v) is 11.8. The standard InChI is InChI=1S/C26H26F4N6/c1-15(2)36-9-3-4-17-18(27)12-16(13-22(17)36)25-19(28)14-32-26(34-25)33-20-5-6-21(24(30)23(20)29)35-10-7-31-8-11-35/h3,5-6,9,12-15,31H,4,7-8,10-11H2,1-2H3,(H,32,33,34). The quantitative estimate of drug-likeness (QED) is 0.476. The molecular formula is C26H26F4N6. The first-order chi connectivity index (χ1) is 17.3. The van der Waals surface area contributed by atoms with Crippen molar-refractivity contribution in [3.63, 3.8) is 0 Å². The lowest BCUT2D eigenvalue weighted by Gasteiger charge is -2.30. The highest BCUT2D eigenvalue weighted by atomic mass is 19.2. The summed E-state index contributed by atoms with van der Waals surface area (Å²) in [5.41, 5.74) is 1.21. The Morgan fingerprint density at radius 3 is 2.50 bits per heavy atom. The number of allylic oxidation sites excluding steroid dienone is 1. The second-order valence-electron chi connectivity index (χ2n) is 9.06. The zero-order valence-electron chi connectivity index (χ0n) is 20.0. The molecule has 2 N–H and O–H groups in total. The second kappa shape index (κ2) is 9.77. The number of aromatic nitrogens is 2. The molecule has 2 aliphatic heterocycles. The van der Waals surface area contributed by atoms with Gasteiger partial charge in [0.05, 0.1) is 17.6 Å². The number of piperazine rings is 1. The molecule has 36 heavy (non-hydrogen) atoms. The van der Waals surface area contributed by atoms with Gasteiger partial charge in [0, 0.05) is 55.2 Å². The summed E-state index contributed by atoms with van der Waals surface area (Å²) < 4.78 is 59.5. The van der Waals surface area contributed by atoms with Gasteiger partial charge in [0.1, 0.15) is 11.5 Å². The maximum atomic E-state index is 15.0. The minimum atomic E-state index is -1.08. The highest BCUT2D eigenvalue weighted by Gasteiger charge is 2.23. The number of anilines is 4. The van der Waals surface area contributed by atoms with E-state index in [9.17, 15) is 17.6 Å². The number of halogens is 4. The van der Waals surface area contributed by atoms with Crippen molar-refractivity contribution >= 4 is 23.0 Å². The zero-order chi connectivity index (χ0) is 25.4. The lowest BCUT2D eigenvalue weighted by molar-refractivity contribution is 0.502. The molecule has 0 spiro atoms. The van der Waals surface area contributed by atoms with Crippen LogP contribution in [0.3, 0.4) is 0 Å². The Balaban J connectivity index is 1.47. The average Bonchev–Trinajstić information content (AvgIpc) is 2.88. The van der Waals surface area contributed by atoms with Gasteiger partial charge in [-0.2, -0.15) is 0 Å². The largest absolute Gasteiger partial charge is 0.367 e. The monoisotopic (exact) mass is 498 g/mol. The summed E-state index contributed by atoms with van der Waals surface area (Å²) in [6, 6.07) is 5.86. The highest BCUT2D eigenvalue weighted by molar-refractivity contribution is 5.72. The van der Waals surface area contributed by atoms with Gasteiger partial charge in [-0.3, -0.25) is 0 Å². The first kappa shape index (κ1) is 24.1. The number of hydrogen-bond acceptors (Lipinski definition) is 6. The predicted octanol–water partition coefficient (Wildman–Crippen LogP) is 5.14. The number of nitrogens with one attached hydrogen (secondary N) is 2.